The Balaban J connectivity index is 1.45. The van der Waals surface area contributed by atoms with E-state index < -0.39 is 39.3 Å². The number of carbonyl (C=O) groups is 1. The lowest BCUT2D eigenvalue weighted by Gasteiger charge is -2.34. The lowest BCUT2D eigenvalue weighted by Crippen LogP contribution is -2.46. The number of hydrogen-bond donors (Lipinski definition) is 1. The van der Waals surface area contributed by atoms with Gasteiger partial charge < -0.3 is 18.8 Å². The van der Waals surface area contributed by atoms with Crippen LogP contribution in [0.2, 0.25) is 0 Å². The molecule has 39 heavy (non-hydrogen) atoms. The van der Waals surface area contributed by atoms with Crippen molar-refractivity contribution in [2.24, 2.45) is 0 Å². The molecule has 1 saturated heterocycles. The monoisotopic (exact) mass is 568 g/mol. The zero-order valence-electron chi connectivity index (χ0n) is 19.9. The van der Waals surface area contributed by atoms with Crippen molar-refractivity contribution >= 4 is 27.5 Å². The summed E-state index contributed by atoms with van der Waals surface area (Å²) in [5.74, 6) is -2.51. The number of carboxylic acid groups (broad SMARTS) is 1. The number of halogens is 4. The SMILES string of the molecule is O=C(O)N1CCC(S(=O)(=O)N(Cc2cn3ccc(-c4nnc(C(F)(F)F)o4)cc3n2)c2cccc(F)c2)CC1. The first-order valence-corrected chi connectivity index (χ1v) is 13.1. The molecule has 0 spiro atoms. The van der Waals surface area contributed by atoms with Gasteiger partial charge in [0.1, 0.15) is 11.5 Å². The number of likely N-dealkylation sites (tertiary alicyclic amines) is 1. The molecule has 11 nitrogen and oxygen atoms in total. The van der Waals surface area contributed by atoms with Crippen LogP contribution in [0.15, 0.2) is 53.2 Å². The average molecular weight is 569 g/mol. The lowest BCUT2D eigenvalue weighted by atomic mass is 10.1. The van der Waals surface area contributed by atoms with Gasteiger partial charge >= 0.3 is 18.2 Å². The van der Waals surface area contributed by atoms with Crippen molar-refractivity contribution in [3.05, 3.63) is 66.2 Å². The van der Waals surface area contributed by atoms with E-state index >= 15 is 0 Å². The van der Waals surface area contributed by atoms with E-state index in [1.54, 1.807) is 0 Å². The first-order valence-electron chi connectivity index (χ1n) is 11.6. The number of fused-ring (bicyclic) bond motifs is 1. The number of aromatic nitrogens is 4. The predicted molar refractivity (Wildman–Crippen MR) is 128 cm³/mol. The fourth-order valence-electron chi connectivity index (χ4n) is 4.33. The molecule has 0 bridgehead atoms. The lowest BCUT2D eigenvalue weighted by molar-refractivity contribution is -0.156. The van der Waals surface area contributed by atoms with Gasteiger partial charge in [0.05, 0.1) is 23.2 Å². The highest BCUT2D eigenvalue weighted by atomic mass is 32.2. The Hall–Kier alpha value is -4.21. The van der Waals surface area contributed by atoms with Gasteiger partial charge in [-0.15, -0.1) is 10.2 Å². The van der Waals surface area contributed by atoms with Crippen molar-refractivity contribution in [2.45, 2.75) is 30.8 Å². The number of pyridine rings is 1. The molecule has 0 unspecified atom stereocenters. The van der Waals surface area contributed by atoms with Gasteiger partial charge in [-0.3, -0.25) is 4.31 Å². The Kier molecular flexibility index (Phi) is 6.65. The fraction of sp³-hybridized carbons (Fsp3) is 0.304. The molecule has 206 valence electrons. The molecule has 0 atom stereocenters. The molecule has 0 saturated carbocycles. The summed E-state index contributed by atoms with van der Waals surface area (Å²) in [4.78, 5) is 16.8. The third-order valence-corrected chi connectivity index (χ3v) is 8.54. The summed E-state index contributed by atoms with van der Waals surface area (Å²) in [6.07, 6.45) is -2.78. The second-order valence-electron chi connectivity index (χ2n) is 8.82. The van der Waals surface area contributed by atoms with E-state index in [9.17, 15) is 35.9 Å². The summed E-state index contributed by atoms with van der Waals surface area (Å²) in [6.45, 7) is -0.196. The Bertz CT molecular complexity index is 1630. The first kappa shape index (κ1) is 26.4. The predicted octanol–water partition coefficient (Wildman–Crippen LogP) is 4.02. The van der Waals surface area contributed by atoms with Crippen LogP contribution in [0.5, 0.6) is 0 Å². The zero-order chi connectivity index (χ0) is 27.9. The molecular formula is C23H20F4N6O5S. The number of imidazole rings is 1. The number of anilines is 1. The van der Waals surface area contributed by atoms with Gasteiger partial charge in [-0.05, 0) is 43.2 Å². The Morgan fingerprint density at radius 1 is 1.15 bits per heavy atom. The van der Waals surface area contributed by atoms with Crippen LogP contribution in [-0.2, 0) is 22.7 Å². The van der Waals surface area contributed by atoms with Crippen molar-refractivity contribution in [1.29, 1.82) is 0 Å². The highest BCUT2D eigenvalue weighted by Crippen LogP contribution is 2.31. The van der Waals surface area contributed by atoms with Crippen molar-refractivity contribution in [3.8, 4) is 11.5 Å². The minimum absolute atomic E-state index is 0.0408. The van der Waals surface area contributed by atoms with Crippen LogP contribution in [0.25, 0.3) is 17.1 Å². The maximum atomic E-state index is 14.1. The minimum atomic E-state index is -4.80. The van der Waals surface area contributed by atoms with Crippen molar-refractivity contribution < 1.29 is 40.3 Å². The molecule has 4 aromatic rings. The standard InChI is InChI=1S/C23H20F4N6O5S/c24-15-2-1-3-17(11-15)33(39(36,37)18-5-8-31(9-6-18)22(34)35)13-16-12-32-7-4-14(10-19(32)28-16)20-29-30-21(38-20)23(25,26)27/h1-4,7,10-12,18H,5-6,8-9,13H2,(H,34,35). The Labute approximate surface area is 218 Å². The van der Waals surface area contributed by atoms with Crippen LogP contribution < -0.4 is 4.31 Å². The minimum Gasteiger partial charge on any atom is -0.465 e. The van der Waals surface area contributed by atoms with E-state index in [-0.39, 0.29) is 61.0 Å². The van der Waals surface area contributed by atoms with Crippen molar-refractivity contribution in [2.75, 3.05) is 17.4 Å². The van der Waals surface area contributed by atoms with Crippen LogP contribution in [0.3, 0.4) is 0 Å². The quantitative estimate of drug-likeness (QED) is 0.345. The van der Waals surface area contributed by atoms with E-state index in [1.165, 1.54) is 47.1 Å². The molecule has 1 fully saturated rings. The molecule has 0 radical (unpaired) electrons. The van der Waals surface area contributed by atoms with Gasteiger partial charge in [0.15, 0.2) is 0 Å². The van der Waals surface area contributed by atoms with E-state index in [0.29, 0.717) is 0 Å². The molecule has 1 amide bonds. The van der Waals surface area contributed by atoms with Gasteiger partial charge in [-0.25, -0.2) is 22.6 Å². The smallest absolute Gasteiger partial charge is 0.465 e. The van der Waals surface area contributed by atoms with Crippen LogP contribution in [-0.4, -0.2) is 62.4 Å². The highest BCUT2D eigenvalue weighted by Gasteiger charge is 2.39. The number of nitrogens with zero attached hydrogens (tertiary/aromatic N) is 6. The molecule has 3 aromatic heterocycles. The average Bonchev–Trinajstić information content (AvgIpc) is 3.54. The third kappa shape index (κ3) is 5.36. The summed E-state index contributed by atoms with van der Waals surface area (Å²) in [5.41, 5.74) is 0.770. The second-order valence-corrected chi connectivity index (χ2v) is 11.0. The van der Waals surface area contributed by atoms with Crippen LogP contribution in [0, 0.1) is 5.82 Å². The number of hydrogen-bond acceptors (Lipinski definition) is 7. The summed E-state index contributed by atoms with van der Waals surface area (Å²) in [7, 11) is -4.08. The van der Waals surface area contributed by atoms with Crippen molar-refractivity contribution in [1.82, 2.24) is 24.5 Å². The fourth-order valence-corrected chi connectivity index (χ4v) is 6.22. The topological polar surface area (TPSA) is 134 Å². The van der Waals surface area contributed by atoms with E-state index in [4.69, 9.17) is 4.42 Å². The molecule has 1 aromatic carbocycles. The summed E-state index contributed by atoms with van der Waals surface area (Å²) in [5, 5.41) is 14.7. The van der Waals surface area contributed by atoms with Crippen molar-refractivity contribution in [3.63, 3.8) is 0 Å². The molecule has 16 heteroatoms. The second kappa shape index (κ2) is 9.83. The van der Waals surface area contributed by atoms with E-state index in [2.05, 4.69) is 15.2 Å². The molecule has 1 aliphatic heterocycles. The summed E-state index contributed by atoms with van der Waals surface area (Å²) < 4.78 is 87.2. The van der Waals surface area contributed by atoms with Gasteiger partial charge in [0.25, 0.3) is 0 Å². The third-order valence-electron chi connectivity index (χ3n) is 6.27. The number of sulfonamides is 1. The summed E-state index contributed by atoms with van der Waals surface area (Å²) in [6, 6.07) is 7.90. The number of benzene rings is 1. The molecule has 5 rings (SSSR count). The van der Waals surface area contributed by atoms with Crippen LogP contribution in [0.1, 0.15) is 24.4 Å². The maximum Gasteiger partial charge on any atom is 0.470 e. The summed E-state index contributed by atoms with van der Waals surface area (Å²) >= 11 is 0. The largest absolute Gasteiger partial charge is 0.470 e. The van der Waals surface area contributed by atoms with Gasteiger partial charge in [0, 0.05) is 31.0 Å². The number of alkyl halides is 3. The van der Waals surface area contributed by atoms with E-state index in [0.717, 1.165) is 15.3 Å². The van der Waals surface area contributed by atoms with E-state index in [1.807, 2.05) is 0 Å². The molecule has 0 aliphatic carbocycles. The van der Waals surface area contributed by atoms with Crippen LogP contribution in [0.4, 0.5) is 28.0 Å². The Morgan fingerprint density at radius 3 is 2.54 bits per heavy atom. The molecule has 1 aliphatic rings. The molecule has 1 N–H and O–H groups in total. The normalized spacial score (nSPS) is 15.1. The molecular weight excluding hydrogens is 548 g/mol. The van der Waals surface area contributed by atoms with Gasteiger partial charge in [-0.1, -0.05) is 6.07 Å². The van der Waals surface area contributed by atoms with Gasteiger partial charge in [-0.2, -0.15) is 13.2 Å². The number of amides is 1. The van der Waals surface area contributed by atoms with Crippen LogP contribution >= 0.6 is 0 Å². The highest BCUT2D eigenvalue weighted by molar-refractivity contribution is 7.93. The number of rotatable bonds is 6. The number of piperidine rings is 1. The zero-order valence-corrected chi connectivity index (χ0v) is 20.7. The molecule has 4 heterocycles. The Morgan fingerprint density at radius 2 is 1.90 bits per heavy atom. The maximum absolute atomic E-state index is 14.1. The first-order chi connectivity index (χ1) is 18.4. The van der Waals surface area contributed by atoms with Gasteiger partial charge in [0.2, 0.25) is 15.9 Å².